The van der Waals surface area contributed by atoms with Gasteiger partial charge in [0.2, 0.25) is 5.91 Å². The summed E-state index contributed by atoms with van der Waals surface area (Å²) >= 11 is 0. The Balaban J connectivity index is 2.12. The molecule has 0 saturated carbocycles. The van der Waals surface area contributed by atoms with Crippen molar-refractivity contribution in [3.8, 4) is 0 Å². The van der Waals surface area contributed by atoms with Crippen molar-refractivity contribution in [2.24, 2.45) is 0 Å². The van der Waals surface area contributed by atoms with Crippen LogP contribution in [0.2, 0.25) is 0 Å². The number of rotatable bonds is 3. The summed E-state index contributed by atoms with van der Waals surface area (Å²) in [5.74, 6) is -0.134. The first-order chi connectivity index (χ1) is 7.31. The van der Waals surface area contributed by atoms with Gasteiger partial charge in [-0.25, -0.2) is 0 Å². The van der Waals surface area contributed by atoms with Crippen LogP contribution in [-0.4, -0.2) is 10.9 Å². The van der Waals surface area contributed by atoms with Crippen molar-refractivity contribution in [1.29, 1.82) is 0 Å². The molecule has 3 nitrogen and oxygen atoms in total. The number of aromatic nitrogens is 1. The molecular weight excluding hydrogens is 188 g/mol. The van der Waals surface area contributed by atoms with Crippen LogP contribution >= 0.6 is 0 Å². The molecule has 78 valence electrons. The molecule has 1 N–H and O–H groups in total. The third-order valence-electron chi connectivity index (χ3n) is 2.75. The van der Waals surface area contributed by atoms with Crippen molar-refractivity contribution >= 4 is 5.91 Å². The van der Waals surface area contributed by atoms with Crippen molar-refractivity contribution in [2.75, 3.05) is 0 Å². The van der Waals surface area contributed by atoms with Gasteiger partial charge in [-0.15, -0.1) is 0 Å². The van der Waals surface area contributed by atoms with Gasteiger partial charge in [0.25, 0.3) is 0 Å². The van der Waals surface area contributed by atoms with E-state index >= 15 is 0 Å². The highest BCUT2D eigenvalue weighted by atomic mass is 16.1. The van der Waals surface area contributed by atoms with E-state index in [2.05, 4.69) is 16.9 Å². The largest absolute Gasteiger partial charge is 0.348 e. The summed E-state index contributed by atoms with van der Waals surface area (Å²) in [4.78, 5) is 15.2. The highest BCUT2D eigenvalue weighted by molar-refractivity contribution is 5.86. The minimum Gasteiger partial charge on any atom is -0.348 e. The second-order valence-corrected chi connectivity index (χ2v) is 3.71. The van der Waals surface area contributed by atoms with Gasteiger partial charge in [-0.05, 0) is 42.0 Å². The van der Waals surface area contributed by atoms with Crippen LogP contribution in [0.3, 0.4) is 0 Å². The number of hydrogen-bond donors (Lipinski definition) is 1. The highest BCUT2D eigenvalue weighted by Crippen LogP contribution is 2.23. The van der Waals surface area contributed by atoms with Gasteiger partial charge in [-0.3, -0.25) is 9.78 Å². The third kappa shape index (κ3) is 2.06. The Kier molecular flexibility index (Phi) is 2.81. The number of carbonyl (C=O) groups excluding carboxylic acids is 1. The molecular formula is C12H14N2O. The van der Waals surface area contributed by atoms with Crippen molar-refractivity contribution < 1.29 is 4.79 Å². The van der Waals surface area contributed by atoms with E-state index in [9.17, 15) is 4.79 Å². The molecule has 1 aliphatic carbocycles. The summed E-state index contributed by atoms with van der Waals surface area (Å²) in [6.45, 7) is 3.97. The molecule has 1 aliphatic rings. The summed E-state index contributed by atoms with van der Waals surface area (Å²) in [6.07, 6.45) is 8.48. The van der Waals surface area contributed by atoms with Crippen LogP contribution in [0.25, 0.3) is 0 Å². The molecule has 2 rings (SSSR count). The molecule has 0 saturated heterocycles. The summed E-state index contributed by atoms with van der Waals surface area (Å²) in [5.41, 5.74) is 3.84. The van der Waals surface area contributed by atoms with Crippen molar-refractivity contribution in [3.05, 3.63) is 41.7 Å². The molecule has 0 atom stereocenters. The number of carbonyl (C=O) groups is 1. The fourth-order valence-corrected chi connectivity index (χ4v) is 1.98. The quantitative estimate of drug-likeness (QED) is 0.752. The van der Waals surface area contributed by atoms with Gasteiger partial charge in [-0.1, -0.05) is 6.58 Å². The fraction of sp³-hybridized carbons (Fsp3) is 0.333. The molecule has 1 aromatic rings. The van der Waals surface area contributed by atoms with Crippen LogP contribution in [0.1, 0.15) is 23.1 Å². The number of hydrogen-bond acceptors (Lipinski definition) is 2. The van der Waals surface area contributed by atoms with Crippen molar-refractivity contribution in [1.82, 2.24) is 10.3 Å². The van der Waals surface area contributed by atoms with Gasteiger partial charge in [0.15, 0.2) is 0 Å². The Morgan fingerprint density at radius 2 is 2.40 bits per heavy atom. The number of fused-ring (bicyclic) bond motifs is 1. The van der Waals surface area contributed by atoms with Gasteiger partial charge in [0.05, 0.1) is 0 Å². The second-order valence-electron chi connectivity index (χ2n) is 3.71. The highest BCUT2D eigenvalue weighted by Gasteiger charge is 2.14. The Morgan fingerprint density at radius 3 is 3.20 bits per heavy atom. The summed E-state index contributed by atoms with van der Waals surface area (Å²) in [6, 6.07) is 0. The molecule has 1 heterocycles. The van der Waals surface area contributed by atoms with E-state index in [4.69, 9.17) is 0 Å². The maximum Gasteiger partial charge on any atom is 0.243 e. The van der Waals surface area contributed by atoms with Crippen LogP contribution < -0.4 is 5.32 Å². The number of nitrogens with one attached hydrogen (secondary N) is 1. The normalized spacial score (nSPS) is 13.3. The summed E-state index contributed by atoms with van der Waals surface area (Å²) < 4.78 is 0. The Labute approximate surface area is 89.2 Å². The zero-order valence-corrected chi connectivity index (χ0v) is 8.62. The van der Waals surface area contributed by atoms with E-state index < -0.39 is 0 Å². The first-order valence-corrected chi connectivity index (χ1v) is 5.16. The zero-order chi connectivity index (χ0) is 10.7. The smallest absolute Gasteiger partial charge is 0.243 e. The van der Waals surface area contributed by atoms with E-state index in [0.717, 1.165) is 18.4 Å². The molecule has 0 spiro atoms. The molecule has 0 radical (unpaired) electrons. The van der Waals surface area contributed by atoms with Crippen LogP contribution in [0.5, 0.6) is 0 Å². The van der Waals surface area contributed by atoms with E-state index in [-0.39, 0.29) is 5.91 Å². The summed E-state index contributed by atoms with van der Waals surface area (Å²) in [7, 11) is 0. The average Bonchev–Trinajstić information content (AvgIpc) is 2.74. The van der Waals surface area contributed by atoms with Crippen LogP contribution in [0, 0.1) is 0 Å². The Hall–Kier alpha value is -1.64. The van der Waals surface area contributed by atoms with Gasteiger partial charge < -0.3 is 5.32 Å². The van der Waals surface area contributed by atoms with Crippen LogP contribution in [0.4, 0.5) is 0 Å². The van der Waals surface area contributed by atoms with E-state index in [1.807, 2.05) is 12.4 Å². The first-order valence-electron chi connectivity index (χ1n) is 5.16. The molecule has 0 fully saturated rings. The molecule has 15 heavy (non-hydrogen) atoms. The third-order valence-corrected chi connectivity index (χ3v) is 2.75. The van der Waals surface area contributed by atoms with Gasteiger partial charge >= 0.3 is 0 Å². The molecule has 1 amide bonds. The summed E-state index contributed by atoms with van der Waals surface area (Å²) in [5, 5.41) is 2.78. The Bertz CT molecular complexity index is 399. The molecule has 0 bridgehead atoms. The van der Waals surface area contributed by atoms with E-state index in [1.165, 1.54) is 23.6 Å². The number of aryl methyl sites for hydroxylation is 1. The SMILES string of the molecule is C=CC(=O)NCc1cncc2c1CCC2. The minimum absolute atomic E-state index is 0.134. The first kappa shape index (κ1) is 9.90. The lowest BCUT2D eigenvalue weighted by Crippen LogP contribution is -2.20. The molecule has 1 aromatic heterocycles. The lowest BCUT2D eigenvalue weighted by atomic mass is 10.1. The van der Waals surface area contributed by atoms with Crippen molar-refractivity contribution in [2.45, 2.75) is 25.8 Å². The lowest BCUT2D eigenvalue weighted by molar-refractivity contribution is -0.116. The second kappa shape index (κ2) is 4.26. The predicted molar refractivity (Wildman–Crippen MR) is 58.3 cm³/mol. The predicted octanol–water partition coefficient (Wildman–Crippen LogP) is 1.37. The molecule has 3 heteroatoms. The maximum absolute atomic E-state index is 11.0. The molecule has 0 aromatic carbocycles. The zero-order valence-electron chi connectivity index (χ0n) is 8.62. The standard InChI is InChI=1S/C12H14N2O/c1-2-12(15)14-8-10-7-13-6-9-4-3-5-11(9)10/h2,6-7H,1,3-5,8H2,(H,14,15). The topological polar surface area (TPSA) is 42.0 Å². The fourth-order valence-electron chi connectivity index (χ4n) is 1.98. The number of nitrogens with zero attached hydrogens (tertiary/aromatic N) is 1. The Morgan fingerprint density at radius 1 is 1.53 bits per heavy atom. The lowest BCUT2D eigenvalue weighted by Gasteiger charge is -2.07. The number of pyridine rings is 1. The number of amides is 1. The minimum atomic E-state index is -0.134. The van der Waals surface area contributed by atoms with Gasteiger partial charge in [0.1, 0.15) is 0 Å². The van der Waals surface area contributed by atoms with Gasteiger partial charge in [0, 0.05) is 18.9 Å². The van der Waals surface area contributed by atoms with Gasteiger partial charge in [-0.2, -0.15) is 0 Å². The van der Waals surface area contributed by atoms with Crippen LogP contribution in [-0.2, 0) is 24.2 Å². The van der Waals surface area contributed by atoms with E-state index in [0.29, 0.717) is 6.54 Å². The van der Waals surface area contributed by atoms with Crippen molar-refractivity contribution in [3.63, 3.8) is 0 Å². The average molecular weight is 202 g/mol. The maximum atomic E-state index is 11.0. The molecule has 0 unspecified atom stereocenters. The van der Waals surface area contributed by atoms with E-state index in [1.54, 1.807) is 0 Å². The monoisotopic (exact) mass is 202 g/mol. The van der Waals surface area contributed by atoms with Crippen LogP contribution in [0.15, 0.2) is 25.0 Å². The molecule has 0 aliphatic heterocycles.